The lowest BCUT2D eigenvalue weighted by Gasteiger charge is -2.14. The van der Waals surface area contributed by atoms with Gasteiger partial charge in [0.2, 0.25) is 0 Å². The molecule has 92 valence electrons. The number of nitrogens with zero attached hydrogens (tertiary/aromatic N) is 4. The summed E-state index contributed by atoms with van der Waals surface area (Å²) in [4.78, 5) is 0. The number of aryl methyl sites for hydroxylation is 1. The average Bonchev–Trinajstić information content (AvgIpc) is 2.95. The molecule has 1 unspecified atom stereocenters. The molecule has 6 heteroatoms. The van der Waals surface area contributed by atoms with E-state index >= 15 is 0 Å². The number of nitrogens with one attached hydrogen (secondary N) is 1. The quantitative estimate of drug-likeness (QED) is 0.846. The molecule has 0 radical (unpaired) electrons. The van der Waals surface area contributed by atoms with Crippen LogP contribution in [0.1, 0.15) is 30.8 Å². The third kappa shape index (κ3) is 3.34. The first-order valence-electron chi connectivity index (χ1n) is 5.78. The van der Waals surface area contributed by atoms with E-state index in [1.807, 2.05) is 29.4 Å². The van der Waals surface area contributed by atoms with Crippen molar-refractivity contribution in [1.82, 2.24) is 24.7 Å². The summed E-state index contributed by atoms with van der Waals surface area (Å²) in [6, 6.07) is 2.25. The summed E-state index contributed by atoms with van der Waals surface area (Å²) in [5.74, 6) is 0. The molecule has 0 aromatic carbocycles. The number of hydrogen-bond acceptors (Lipinski definition) is 5. The molecule has 2 heterocycles. The van der Waals surface area contributed by atoms with Gasteiger partial charge in [-0.25, -0.2) is 0 Å². The highest BCUT2D eigenvalue weighted by molar-refractivity contribution is 7.03. The van der Waals surface area contributed by atoms with Crippen molar-refractivity contribution in [3.8, 4) is 0 Å². The minimum atomic E-state index is 0.212. The summed E-state index contributed by atoms with van der Waals surface area (Å²) in [5, 5.41) is 14.0. The maximum absolute atomic E-state index is 4.40. The SMILES string of the molecule is CCCNC(Cc1ccn(C)n1)c1csnn1. The lowest BCUT2D eigenvalue weighted by molar-refractivity contribution is 0.509. The molecule has 5 nitrogen and oxygen atoms in total. The van der Waals surface area contributed by atoms with Crippen LogP contribution in [-0.2, 0) is 13.5 Å². The van der Waals surface area contributed by atoms with Gasteiger partial charge in [-0.05, 0) is 30.6 Å². The normalized spacial score (nSPS) is 12.8. The summed E-state index contributed by atoms with van der Waals surface area (Å²) < 4.78 is 5.75. The molecule has 0 aliphatic carbocycles. The van der Waals surface area contributed by atoms with Crippen molar-refractivity contribution in [2.45, 2.75) is 25.8 Å². The Labute approximate surface area is 105 Å². The highest BCUT2D eigenvalue weighted by atomic mass is 32.1. The van der Waals surface area contributed by atoms with Crippen molar-refractivity contribution in [2.24, 2.45) is 7.05 Å². The van der Waals surface area contributed by atoms with E-state index in [-0.39, 0.29) is 6.04 Å². The predicted octanol–water partition coefficient (Wildman–Crippen LogP) is 1.55. The zero-order valence-electron chi connectivity index (χ0n) is 10.1. The van der Waals surface area contributed by atoms with E-state index in [1.165, 1.54) is 11.5 Å². The summed E-state index contributed by atoms with van der Waals surface area (Å²) in [6.07, 6.45) is 3.92. The van der Waals surface area contributed by atoms with Gasteiger partial charge in [-0.3, -0.25) is 4.68 Å². The number of aromatic nitrogens is 4. The highest BCUT2D eigenvalue weighted by Crippen LogP contribution is 2.16. The van der Waals surface area contributed by atoms with Gasteiger partial charge in [0.1, 0.15) is 0 Å². The second kappa shape index (κ2) is 5.88. The largest absolute Gasteiger partial charge is 0.308 e. The fourth-order valence-electron chi connectivity index (χ4n) is 1.70. The third-order valence-electron chi connectivity index (χ3n) is 2.56. The van der Waals surface area contributed by atoms with Crippen LogP contribution in [-0.4, -0.2) is 25.9 Å². The molecule has 0 fully saturated rings. The van der Waals surface area contributed by atoms with Gasteiger partial charge in [-0.15, -0.1) is 5.10 Å². The molecule has 17 heavy (non-hydrogen) atoms. The van der Waals surface area contributed by atoms with Crippen LogP contribution >= 0.6 is 11.5 Å². The van der Waals surface area contributed by atoms with Crippen LogP contribution in [0.15, 0.2) is 17.6 Å². The molecular weight excluding hydrogens is 234 g/mol. The van der Waals surface area contributed by atoms with Gasteiger partial charge in [-0.2, -0.15) is 5.10 Å². The maximum Gasteiger partial charge on any atom is 0.0928 e. The first-order valence-corrected chi connectivity index (χ1v) is 6.62. The Kier molecular flexibility index (Phi) is 4.22. The van der Waals surface area contributed by atoms with E-state index in [1.54, 1.807) is 0 Å². The van der Waals surface area contributed by atoms with Gasteiger partial charge in [-0.1, -0.05) is 11.4 Å². The van der Waals surface area contributed by atoms with Crippen LogP contribution in [0.25, 0.3) is 0 Å². The van der Waals surface area contributed by atoms with Crippen molar-refractivity contribution in [1.29, 1.82) is 0 Å². The molecule has 0 aliphatic rings. The molecule has 1 atom stereocenters. The van der Waals surface area contributed by atoms with Gasteiger partial charge in [0.15, 0.2) is 0 Å². The standard InChI is InChI=1S/C11H17N5S/c1-3-5-12-10(11-8-17-15-13-11)7-9-4-6-16(2)14-9/h4,6,8,10,12H,3,5,7H2,1-2H3. The minimum Gasteiger partial charge on any atom is -0.308 e. The predicted molar refractivity (Wildman–Crippen MR) is 67.9 cm³/mol. The molecule has 0 saturated heterocycles. The Hall–Kier alpha value is -1.27. The lowest BCUT2D eigenvalue weighted by Crippen LogP contribution is -2.24. The van der Waals surface area contributed by atoms with Crippen molar-refractivity contribution >= 4 is 11.5 Å². The van der Waals surface area contributed by atoms with E-state index in [0.717, 1.165) is 30.8 Å². The van der Waals surface area contributed by atoms with Crippen LogP contribution < -0.4 is 5.32 Å². The Morgan fingerprint density at radius 1 is 1.53 bits per heavy atom. The number of rotatable bonds is 6. The molecule has 2 rings (SSSR count). The summed E-state index contributed by atoms with van der Waals surface area (Å²) in [6.45, 7) is 3.14. The van der Waals surface area contributed by atoms with Crippen LogP contribution in [0.5, 0.6) is 0 Å². The summed E-state index contributed by atoms with van der Waals surface area (Å²) >= 11 is 1.39. The lowest BCUT2D eigenvalue weighted by atomic mass is 10.1. The van der Waals surface area contributed by atoms with Crippen molar-refractivity contribution in [2.75, 3.05) is 6.54 Å². The van der Waals surface area contributed by atoms with Crippen molar-refractivity contribution in [3.05, 3.63) is 29.0 Å². The Bertz CT molecular complexity index is 436. The Morgan fingerprint density at radius 2 is 2.41 bits per heavy atom. The van der Waals surface area contributed by atoms with Crippen LogP contribution in [0.2, 0.25) is 0 Å². The first-order chi connectivity index (χ1) is 8.29. The second-order valence-corrected chi connectivity index (χ2v) is 4.63. The zero-order valence-corrected chi connectivity index (χ0v) is 10.9. The van der Waals surface area contributed by atoms with Crippen LogP contribution in [0, 0.1) is 0 Å². The van der Waals surface area contributed by atoms with Gasteiger partial charge < -0.3 is 5.32 Å². The highest BCUT2D eigenvalue weighted by Gasteiger charge is 2.15. The van der Waals surface area contributed by atoms with Gasteiger partial charge >= 0.3 is 0 Å². The monoisotopic (exact) mass is 251 g/mol. The van der Waals surface area contributed by atoms with Gasteiger partial charge in [0, 0.05) is 25.0 Å². The fourth-order valence-corrected chi connectivity index (χ4v) is 2.21. The molecule has 0 saturated carbocycles. The fraction of sp³-hybridized carbons (Fsp3) is 0.545. The van der Waals surface area contributed by atoms with E-state index in [0.29, 0.717) is 0 Å². The topological polar surface area (TPSA) is 55.6 Å². The molecular formula is C11H17N5S. The second-order valence-electron chi connectivity index (χ2n) is 4.02. The van der Waals surface area contributed by atoms with E-state index < -0.39 is 0 Å². The van der Waals surface area contributed by atoms with Crippen LogP contribution in [0.3, 0.4) is 0 Å². The van der Waals surface area contributed by atoms with Gasteiger partial charge in [0.05, 0.1) is 17.4 Å². The van der Waals surface area contributed by atoms with E-state index in [4.69, 9.17) is 0 Å². The zero-order chi connectivity index (χ0) is 12.1. The summed E-state index contributed by atoms with van der Waals surface area (Å²) in [5.41, 5.74) is 2.09. The summed E-state index contributed by atoms with van der Waals surface area (Å²) in [7, 11) is 1.93. The van der Waals surface area contributed by atoms with Crippen LogP contribution in [0.4, 0.5) is 0 Å². The molecule has 0 aliphatic heterocycles. The van der Waals surface area contributed by atoms with Crippen molar-refractivity contribution < 1.29 is 0 Å². The van der Waals surface area contributed by atoms with Gasteiger partial charge in [0.25, 0.3) is 0 Å². The molecule has 2 aromatic rings. The first kappa shape index (κ1) is 12.2. The Morgan fingerprint density at radius 3 is 3.00 bits per heavy atom. The van der Waals surface area contributed by atoms with E-state index in [2.05, 4.69) is 26.9 Å². The molecule has 0 bridgehead atoms. The maximum atomic E-state index is 4.40. The van der Waals surface area contributed by atoms with Crippen molar-refractivity contribution in [3.63, 3.8) is 0 Å². The molecule has 2 aromatic heterocycles. The number of hydrogen-bond donors (Lipinski definition) is 1. The minimum absolute atomic E-state index is 0.212. The third-order valence-corrected chi connectivity index (χ3v) is 3.08. The molecule has 0 spiro atoms. The Balaban J connectivity index is 2.05. The smallest absolute Gasteiger partial charge is 0.0928 e. The average molecular weight is 251 g/mol. The molecule has 0 amide bonds. The molecule has 1 N–H and O–H groups in total. The van der Waals surface area contributed by atoms with E-state index in [9.17, 15) is 0 Å².